The Labute approximate surface area is 220 Å². The van der Waals surface area contributed by atoms with Crippen molar-refractivity contribution in [3.63, 3.8) is 0 Å². The Balaban J connectivity index is 0.000000281. The Kier molecular flexibility index (Phi) is 9.15. The van der Waals surface area contributed by atoms with Crippen LogP contribution in [0.1, 0.15) is 48.4 Å². The Morgan fingerprint density at radius 1 is 0.806 bits per heavy atom. The van der Waals surface area contributed by atoms with E-state index in [9.17, 15) is 29.8 Å². The molecular formula is C22H24BIN2O10. The van der Waals surface area contributed by atoms with E-state index in [1.807, 2.05) is 50.3 Å². The minimum Gasteiger partial charge on any atom is -0.465 e. The van der Waals surface area contributed by atoms with Gasteiger partial charge in [0, 0.05) is 27.8 Å². The van der Waals surface area contributed by atoms with E-state index in [2.05, 4.69) is 9.47 Å². The summed E-state index contributed by atoms with van der Waals surface area (Å²) in [6.45, 7) is 7.52. The minimum atomic E-state index is -0.784. The molecule has 14 heteroatoms. The number of nitro benzene ring substituents is 2. The monoisotopic (exact) mass is 614 g/mol. The molecule has 2 aromatic rings. The summed E-state index contributed by atoms with van der Waals surface area (Å²) in [5.41, 5.74) is -0.799. The van der Waals surface area contributed by atoms with Gasteiger partial charge in [0.05, 0.1) is 46.4 Å². The van der Waals surface area contributed by atoms with Crippen molar-refractivity contribution in [1.29, 1.82) is 0 Å². The van der Waals surface area contributed by atoms with Gasteiger partial charge < -0.3 is 18.8 Å². The van der Waals surface area contributed by atoms with Crippen LogP contribution in [0.4, 0.5) is 11.4 Å². The number of hydrogen-bond acceptors (Lipinski definition) is 10. The number of carbonyl (C=O) groups is 2. The number of nitro groups is 2. The van der Waals surface area contributed by atoms with E-state index in [1.54, 1.807) is 0 Å². The Bertz CT molecular complexity index is 1190. The molecule has 0 amide bonds. The first-order valence-corrected chi connectivity index (χ1v) is 11.5. The highest BCUT2D eigenvalue weighted by Crippen LogP contribution is 2.36. The third-order valence-electron chi connectivity index (χ3n) is 5.61. The van der Waals surface area contributed by atoms with Crippen LogP contribution >= 0.6 is 22.6 Å². The van der Waals surface area contributed by atoms with Crippen molar-refractivity contribution in [2.45, 2.75) is 38.9 Å². The highest BCUT2D eigenvalue weighted by Gasteiger charge is 2.52. The minimum absolute atomic E-state index is 0.0846. The van der Waals surface area contributed by atoms with Gasteiger partial charge in [-0.05, 0) is 67.9 Å². The molecular weight excluding hydrogens is 590 g/mol. The molecule has 36 heavy (non-hydrogen) atoms. The molecule has 0 aliphatic carbocycles. The molecule has 1 heterocycles. The van der Waals surface area contributed by atoms with Gasteiger partial charge in [0.15, 0.2) is 0 Å². The molecule has 0 spiro atoms. The van der Waals surface area contributed by atoms with Crippen molar-refractivity contribution in [3.8, 4) is 0 Å². The first-order valence-electron chi connectivity index (χ1n) is 10.4. The van der Waals surface area contributed by atoms with Gasteiger partial charge in [-0.3, -0.25) is 20.2 Å². The predicted molar refractivity (Wildman–Crippen MR) is 137 cm³/mol. The smallest absolute Gasteiger partial charge is 0.465 e. The summed E-state index contributed by atoms with van der Waals surface area (Å²) in [5, 5.41) is 21.5. The third-order valence-corrected chi connectivity index (χ3v) is 6.23. The zero-order valence-electron chi connectivity index (χ0n) is 20.4. The lowest BCUT2D eigenvalue weighted by atomic mass is 9.78. The second-order valence-electron chi connectivity index (χ2n) is 8.60. The molecule has 1 fully saturated rings. The molecule has 1 saturated heterocycles. The quantitative estimate of drug-likeness (QED) is 0.160. The van der Waals surface area contributed by atoms with Crippen molar-refractivity contribution in [2.75, 3.05) is 14.2 Å². The summed E-state index contributed by atoms with van der Waals surface area (Å²) in [7, 11) is 1.66. The second kappa shape index (κ2) is 11.3. The topological polar surface area (TPSA) is 157 Å². The van der Waals surface area contributed by atoms with Gasteiger partial charge in [-0.2, -0.15) is 0 Å². The van der Waals surface area contributed by atoms with Gasteiger partial charge in [0.2, 0.25) is 0 Å². The number of rotatable bonds is 5. The van der Waals surface area contributed by atoms with Crippen LogP contribution in [0.5, 0.6) is 0 Å². The molecule has 0 radical (unpaired) electrons. The summed E-state index contributed by atoms with van der Waals surface area (Å²) >= 11 is 1.90. The zero-order valence-corrected chi connectivity index (χ0v) is 22.6. The zero-order chi connectivity index (χ0) is 27.4. The van der Waals surface area contributed by atoms with Crippen LogP contribution in [0.3, 0.4) is 0 Å². The molecule has 0 aromatic heterocycles. The van der Waals surface area contributed by atoms with Crippen LogP contribution in [-0.2, 0) is 18.8 Å². The van der Waals surface area contributed by atoms with Crippen LogP contribution in [0.2, 0.25) is 0 Å². The number of nitrogens with zero attached hydrogens (tertiary/aromatic N) is 2. The fourth-order valence-electron chi connectivity index (χ4n) is 3.01. The maximum absolute atomic E-state index is 11.7. The Hall–Kier alpha value is -3.11. The Morgan fingerprint density at radius 2 is 1.22 bits per heavy atom. The first kappa shape index (κ1) is 29.1. The average molecular weight is 614 g/mol. The molecule has 2 aromatic carbocycles. The van der Waals surface area contributed by atoms with E-state index >= 15 is 0 Å². The molecule has 1 aliphatic rings. The van der Waals surface area contributed by atoms with Gasteiger partial charge in [0.1, 0.15) is 0 Å². The number of hydrogen-bond donors (Lipinski definition) is 0. The van der Waals surface area contributed by atoms with Crippen LogP contribution in [0.15, 0.2) is 36.4 Å². The van der Waals surface area contributed by atoms with Crippen LogP contribution < -0.4 is 5.46 Å². The summed E-state index contributed by atoms with van der Waals surface area (Å²) in [4.78, 5) is 43.2. The Morgan fingerprint density at radius 3 is 1.64 bits per heavy atom. The number of esters is 2. The van der Waals surface area contributed by atoms with Crippen LogP contribution in [-0.4, -0.2) is 54.3 Å². The maximum atomic E-state index is 11.7. The van der Waals surface area contributed by atoms with E-state index in [4.69, 9.17) is 9.31 Å². The van der Waals surface area contributed by atoms with Crippen molar-refractivity contribution < 1.29 is 38.2 Å². The van der Waals surface area contributed by atoms with Gasteiger partial charge >= 0.3 is 19.1 Å². The summed E-state index contributed by atoms with van der Waals surface area (Å²) in [5.74, 6) is -1.23. The van der Waals surface area contributed by atoms with Crippen molar-refractivity contribution in [1.82, 2.24) is 0 Å². The van der Waals surface area contributed by atoms with E-state index in [1.165, 1.54) is 50.6 Å². The largest absolute Gasteiger partial charge is 0.495 e. The van der Waals surface area contributed by atoms with Crippen LogP contribution in [0, 0.1) is 23.8 Å². The van der Waals surface area contributed by atoms with Gasteiger partial charge in [-0.1, -0.05) is 0 Å². The third kappa shape index (κ3) is 6.76. The molecule has 0 unspecified atom stereocenters. The number of non-ortho nitro benzene ring substituents is 2. The molecule has 192 valence electrons. The first-order chi connectivity index (χ1) is 16.6. The molecule has 3 rings (SSSR count). The lowest BCUT2D eigenvalue weighted by Gasteiger charge is -2.32. The fraction of sp³-hybridized carbons (Fsp3) is 0.364. The van der Waals surface area contributed by atoms with Gasteiger partial charge in [0.25, 0.3) is 11.4 Å². The molecule has 0 saturated carbocycles. The molecule has 1 aliphatic heterocycles. The predicted octanol–water partition coefficient (Wildman–Crippen LogP) is 3.67. The molecule has 12 nitrogen and oxygen atoms in total. The van der Waals surface area contributed by atoms with Crippen molar-refractivity contribution >= 4 is 58.5 Å². The standard InChI is InChI=1S/C14H18BNO6.C8H6INO4/c1-13(2)14(3,4)22-15(21-13)10-6-9(12(17)20-5)7-11(8-10)16(18)19;1-14-8(11)5-2-6(9)4-7(3-5)10(12)13/h6-8H,1-5H3;2-4H,1H3. The highest BCUT2D eigenvalue weighted by atomic mass is 127. The second-order valence-corrected chi connectivity index (χ2v) is 9.84. The number of benzene rings is 2. The summed E-state index contributed by atoms with van der Waals surface area (Å²) in [6.07, 6.45) is 0. The summed E-state index contributed by atoms with van der Waals surface area (Å²) in [6, 6.07) is 8.09. The lowest BCUT2D eigenvalue weighted by molar-refractivity contribution is -0.385. The van der Waals surface area contributed by atoms with Crippen molar-refractivity contribution in [2.24, 2.45) is 0 Å². The normalized spacial score (nSPS) is 15.4. The lowest BCUT2D eigenvalue weighted by Crippen LogP contribution is -2.41. The average Bonchev–Trinajstić information content (AvgIpc) is 3.04. The van der Waals surface area contributed by atoms with Crippen molar-refractivity contribution in [3.05, 3.63) is 71.3 Å². The van der Waals surface area contributed by atoms with E-state index in [0.29, 0.717) is 9.03 Å². The highest BCUT2D eigenvalue weighted by molar-refractivity contribution is 14.1. The van der Waals surface area contributed by atoms with Gasteiger partial charge in [-0.25, -0.2) is 9.59 Å². The van der Waals surface area contributed by atoms with E-state index in [0.717, 1.165) is 0 Å². The maximum Gasteiger partial charge on any atom is 0.495 e. The fourth-order valence-corrected chi connectivity index (χ4v) is 3.66. The van der Waals surface area contributed by atoms with E-state index < -0.39 is 40.1 Å². The molecule has 0 bridgehead atoms. The number of carbonyl (C=O) groups excluding carboxylic acids is 2. The SMILES string of the molecule is COC(=O)c1cc(B2OC(C)(C)C(C)(C)O2)cc([N+](=O)[O-])c1.COC(=O)c1cc(I)cc([N+](=O)[O-])c1. The van der Waals surface area contributed by atoms with Crippen LogP contribution in [0.25, 0.3) is 0 Å². The molecule has 0 atom stereocenters. The number of methoxy groups -OCH3 is 2. The number of ether oxygens (including phenoxy) is 2. The molecule has 0 N–H and O–H groups in total. The van der Waals surface area contributed by atoms with E-state index in [-0.39, 0.29) is 22.5 Å². The number of halogens is 1. The summed E-state index contributed by atoms with van der Waals surface area (Å²) < 4.78 is 21.4. The van der Waals surface area contributed by atoms with Gasteiger partial charge in [-0.15, -0.1) is 0 Å².